The molecule has 2 aromatic rings. The number of rotatable bonds is 3. The van der Waals surface area contributed by atoms with Gasteiger partial charge in [-0.3, -0.25) is 9.59 Å². The van der Waals surface area contributed by atoms with Crippen LogP contribution >= 0.6 is 11.6 Å². The number of piperidine rings is 1. The molecule has 1 aliphatic heterocycles. The third kappa shape index (κ3) is 3.01. The van der Waals surface area contributed by atoms with E-state index in [0.717, 1.165) is 0 Å². The van der Waals surface area contributed by atoms with E-state index in [2.05, 4.69) is 5.10 Å². The number of likely N-dealkylation sites (tertiary alicyclic amines) is 1. The number of hydrogen-bond donors (Lipinski definition) is 1. The quantitative estimate of drug-likeness (QED) is 0.926. The van der Waals surface area contributed by atoms with Crippen LogP contribution in [0.15, 0.2) is 30.5 Å². The van der Waals surface area contributed by atoms with E-state index in [1.54, 1.807) is 15.6 Å². The summed E-state index contributed by atoms with van der Waals surface area (Å²) in [4.78, 5) is 25.5. The number of halogens is 1. The molecule has 0 aliphatic carbocycles. The molecular weight excluding hydrogens is 330 g/mol. The fourth-order valence-electron chi connectivity index (χ4n) is 3.02. The van der Waals surface area contributed by atoms with E-state index < -0.39 is 11.9 Å². The van der Waals surface area contributed by atoms with Crippen LogP contribution in [0, 0.1) is 12.8 Å². The third-order valence-corrected chi connectivity index (χ3v) is 4.70. The number of amides is 1. The van der Waals surface area contributed by atoms with Crippen molar-refractivity contribution in [2.24, 2.45) is 5.92 Å². The van der Waals surface area contributed by atoms with Crippen LogP contribution < -0.4 is 0 Å². The Morgan fingerprint density at radius 3 is 2.79 bits per heavy atom. The number of benzene rings is 1. The molecule has 1 aliphatic rings. The highest BCUT2D eigenvalue weighted by molar-refractivity contribution is 6.32. The molecule has 1 N–H and O–H groups in total. The van der Waals surface area contributed by atoms with Crippen molar-refractivity contribution in [2.45, 2.75) is 19.8 Å². The lowest BCUT2D eigenvalue weighted by Gasteiger charge is -2.30. The van der Waals surface area contributed by atoms with Crippen LogP contribution in [0.25, 0.3) is 5.69 Å². The first kappa shape index (κ1) is 16.5. The van der Waals surface area contributed by atoms with Crippen molar-refractivity contribution in [2.75, 3.05) is 13.1 Å². The smallest absolute Gasteiger partial charge is 0.308 e. The third-order valence-electron chi connectivity index (χ3n) is 4.38. The van der Waals surface area contributed by atoms with Crippen LogP contribution in [0.2, 0.25) is 5.02 Å². The fraction of sp³-hybridized carbons (Fsp3) is 0.353. The van der Waals surface area contributed by atoms with E-state index in [9.17, 15) is 14.7 Å². The zero-order valence-corrected chi connectivity index (χ0v) is 14.0. The average Bonchev–Trinajstić information content (AvgIpc) is 2.96. The van der Waals surface area contributed by atoms with E-state index in [1.165, 1.54) is 6.20 Å². The number of aliphatic carboxylic acids is 1. The van der Waals surface area contributed by atoms with Crippen molar-refractivity contribution < 1.29 is 14.7 Å². The van der Waals surface area contributed by atoms with Gasteiger partial charge in [0, 0.05) is 13.1 Å². The maximum atomic E-state index is 12.8. The Labute approximate surface area is 144 Å². The number of hydrogen-bond acceptors (Lipinski definition) is 3. The normalized spacial score (nSPS) is 17.8. The predicted molar refractivity (Wildman–Crippen MR) is 89.6 cm³/mol. The zero-order chi connectivity index (χ0) is 17.3. The summed E-state index contributed by atoms with van der Waals surface area (Å²) >= 11 is 6.20. The van der Waals surface area contributed by atoms with E-state index in [-0.39, 0.29) is 12.5 Å². The Morgan fingerprint density at radius 2 is 2.08 bits per heavy atom. The summed E-state index contributed by atoms with van der Waals surface area (Å²) in [6.07, 6.45) is 2.82. The molecule has 2 heterocycles. The summed E-state index contributed by atoms with van der Waals surface area (Å²) in [5.74, 6) is -1.53. The highest BCUT2D eigenvalue weighted by Crippen LogP contribution is 2.24. The van der Waals surface area contributed by atoms with Crippen LogP contribution in [0.5, 0.6) is 0 Å². The van der Waals surface area contributed by atoms with Gasteiger partial charge in [0.15, 0.2) is 0 Å². The Balaban J connectivity index is 1.87. The van der Waals surface area contributed by atoms with Gasteiger partial charge in [-0.25, -0.2) is 4.68 Å². The number of carbonyl (C=O) groups excluding carboxylic acids is 1. The number of carboxylic acids is 1. The Morgan fingerprint density at radius 1 is 1.33 bits per heavy atom. The van der Waals surface area contributed by atoms with E-state index in [4.69, 9.17) is 11.6 Å². The molecule has 0 unspecified atom stereocenters. The molecule has 0 bridgehead atoms. The Bertz CT molecular complexity index is 787. The number of nitrogens with zero attached hydrogens (tertiary/aromatic N) is 3. The maximum absolute atomic E-state index is 12.8. The van der Waals surface area contributed by atoms with Crippen molar-refractivity contribution in [3.05, 3.63) is 46.7 Å². The van der Waals surface area contributed by atoms with Crippen molar-refractivity contribution in [1.82, 2.24) is 14.7 Å². The van der Waals surface area contributed by atoms with Crippen LogP contribution in [-0.2, 0) is 4.79 Å². The summed E-state index contributed by atoms with van der Waals surface area (Å²) in [6, 6.07) is 7.28. The molecule has 1 atom stereocenters. The first-order valence-corrected chi connectivity index (χ1v) is 8.18. The van der Waals surface area contributed by atoms with Crippen LogP contribution in [-0.4, -0.2) is 44.8 Å². The summed E-state index contributed by atoms with van der Waals surface area (Å²) in [7, 11) is 0. The monoisotopic (exact) mass is 347 g/mol. The molecule has 3 rings (SSSR count). The molecule has 126 valence electrons. The molecule has 1 aromatic heterocycles. The molecule has 6 nitrogen and oxygen atoms in total. The summed E-state index contributed by atoms with van der Waals surface area (Å²) in [5.41, 5.74) is 1.87. The highest BCUT2D eigenvalue weighted by atomic mass is 35.5. The second-order valence-electron chi connectivity index (χ2n) is 5.94. The zero-order valence-electron chi connectivity index (χ0n) is 13.3. The summed E-state index contributed by atoms with van der Waals surface area (Å²) in [5, 5.41) is 14.0. The topological polar surface area (TPSA) is 75.4 Å². The Kier molecular flexibility index (Phi) is 4.57. The van der Waals surface area contributed by atoms with Gasteiger partial charge in [0.05, 0.1) is 34.1 Å². The maximum Gasteiger partial charge on any atom is 0.308 e. The van der Waals surface area contributed by atoms with Crippen LogP contribution in [0.3, 0.4) is 0 Å². The summed E-state index contributed by atoms with van der Waals surface area (Å²) in [6.45, 7) is 2.62. The van der Waals surface area contributed by atoms with Crippen LogP contribution in [0.1, 0.15) is 28.9 Å². The molecule has 0 radical (unpaired) electrons. The van der Waals surface area contributed by atoms with Gasteiger partial charge in [-0.1, -0.05) is 23.7 Å². The summed E-state index contributed by atoms with van der Waals surface area (Å²) < 4.78 is 1.63. The minimum Gasteiger partial charge on any atom is -0.481 e. The number of aromatic nitrogens is 2. The number of carbonyl (C=O) groups is 2. The molecule has 1 amide bonds. The predicted octanol–water partition coefficient (Wildman–Crippen LogP) is 2.77. The average molecular weight is 348 g/mol. The first-order chi connectivity index (χ1) is 11.5. The van der Waals surface area contributed by atoms with Crippen molar-refractivity contribution in [3.8, 4) is 5.69 Å². The van der Waals surface area contributed by atoms with Gasteiger partial charge in [0.2, 0.25) is 0 Å². The largest absolute Gasteiger partial charge is 0.481 e. The molecular formula is C17H18ClN3O3. The highest BCUT2D eigenvalue weighted by Gasteiger charge is 2.30. The minimum atomic E-state index is -0.851. The van der Waals surface area contributed by atoms with Gasteiger partial charge < -0.3 is 10.0 Å². The van der Waals surface area contributed by atoms with E-state index in [1.807, 2.05) is 25.1 Å². The minimum absolute atomic E-state index is 0.184. The van der Waals surface area contributed by atoms with Crippen LogP contribution in [0.4, 0.5) is 0 Å². The second-order valence-corrected chi connectivity index (χ2v) is 6.34. The lowest BCUT2D eigenvalue weighted by Crippen LogP contribution is -2.42. The standard InChI is InChI=1S/C17H18ClN3O3/c1-11-13(9-19-21(11)15-7-3-2-6-14(15)18)16(22)20-8-4-5-12(10-20)17(23)24/h2-3,6-7,9,12H,4-5,8,10H2,1H3,(H,23,24)/t12-/m1/s1. The molecule has 7 heteroatoms. The lowest BCUT2D eigenvalue weighted by atomic mass is 9.98. The van der Waals surface area contributed by atoms with Gasteiger partial charge in [0.25, 0.3) is 5.91 Å². The van der Waals surface area contributed by atoms with E-state index >= 15 is 0 Å². The first-order valence-electron chi connectivity index (χ1n) is 7.80. The second kappa shape index (κ2) is 6.65. The van der Waals surface area contributed by atoms with Gasteiger partial charge >= 0.3 is 5.97 Å². The van der Waals surface area contributed by atoms with Gasteiger partial charge in [0.1, 0.15) is 0 Å². The number of para-hydroxylation sites is 1. The van der Waals surface area contributed by atoms with Crippen molar-refractivity contribution in [1.29, 1.82) is 0 Å². The van der Waals surface area contributed by atoms with Crippen molar-refractivity contribution in [3.63, 3.8) is 0 Å². The van der Waals surface area contributed by atoms with Gasteiger partial charge in [-0.15, -0.1) is 0 Å². The fourth-order valence-corrected chi connectivity index (χ4v) is 3.24. The molecule has 0 spiro atoms. The van der Waals surface area contributed by atoms with E-state index in [0.29, 0.717) is 41.4 Å². The molecule has 0 saturated carbocycles. The molecule has 1 aromatic carbocycles. The van der Waals surface area contributed by atoms with Gasteiger partial charge in [-0.2, -0.15) is 5.10 Å². The Hall–Kier alpha value is -2.34. The SMILES string of the molecule is Cc1c(C(=O)N2CCC[C@@H](C(=O)O)C2)cnn1-c1ccccc1Cl. The molecule has 1 fully saturated rings. The molecule has 1 saturated heterocycles. The molecule has 24 heavy (non-hydrogen) atoms. The number of carboxylic acid groups (broad SMARTS) is 1. The lowest BCUT2D eigenvalue weighted by molar-refractivity contribution is -0.143. The van der Waals surface area contributed by atoms with Gasteiger partial charge in [-0.05, 0) is 31.9 Å². The van der Waals surface area contributed by atoms with Crippen molar-refractivity contribution >= 4 is 23.5 Å².